The van der Waals surface area contributed by atoms with Gasteiger partial charge in [0.25, 0.3) is 0 Å². The van der Waals surface area contributed by atoms with Crippen molar-refractivity contribution < 1.29 is 9.59 Å². The van der Waals surface area contributed by atoms with Crippen molar-refractivity contribution in [2.45, 2.75) is 6.42 Å². The lowest BCUT2D eigenvalue weighted by atomic mass is 10.1. The van der Waals surface area contributed by atoms with Crippen molar-refractivity contribution in [2.24, 2.45) is 5.92 Å². The summed E-state index contributed by atoms with van der Waals surface area (Å²) >= 11 is 5.90. The van der Waals surface area contributed by atoms with Gasteiger partial charge in [0.05, 0.1) is 5.92 Å². The first kappa shape index (κ1) is 21.5. The predicted octanol–water partition coefficient (Wildman–Crippen LogP) is 2.85. The van der Waals surface area contributed by atoms with Gasteiger partial charge in [0.2, 0.25) is 11.8 Å². The Morgan fingerprint density at radius 1 is 1.00 bits per heavy atom. The van der Waals surface area contributed by atoms with Crippen molar-refractivity contribution >= 4 is 46.6 Å². The number of halogens is 1. The zero-order chi connectivity index (χ0) is 22.3. The number of hydrogen-bond donors (Lipinski definition) is 3. The van der Waals surface area contributed by atoms with E-state index in [0.717, 1.165) is 5.69 Å². The summed E-state index contributed by atoms with van der Waals surface area (Å²) in [7, 11) is 0. The molecule has 0 spiro atoms. The van der Waals surface area contributed by atoms with Crippen LogP contribution in [0.5, 0.6) is 0 Å². The number of carbonyl (C=O) groups excluding carboxylic acids is 2. The number of amides is 2. The van der Waals surface area contributed by atoms with Gasteiger partial charge in [-0.15, -0.1) is 10.2 Å². The third-order valence-electron chi connectivity index (χ3n) is 4.95. The van der Waals surface area contributed by atoms with Gasteiger partial charge >= 0.3 is 0 Å². The summed E-state index contributed by atoms with van der Waals surface area (Å²) in [5.74, 6) is 1.27. The number of hydrogen-bond acceptors (Lipinski definition) is 7. The van der Waals surface area contributed by atoms with Crippen LogP contribution in [-0.4, -0.2) is 46.6 Å². The Labute approximate surface area is 190 Å². The van der Waals surface area contributed by atoms with Crippen molar-refractivity contribution in [3.63, 3.8) is 0 Å². The van der Waals surface area contributed by atoms with Gasteiger partial charge in [-0.1, -0.05) is 17.7 Å². The molecular weight excluding hydrogens is 430 g/mol. The molecule has 2 amide bonds. The zero-order valence-corrected chi connectivity index (χ0v) is 17.9. The molecule has 1 fully saturated rings. The predicted molar refractivity (Wildman–Crippen MR) is 123 cm³/mol. The Balaban J connectivity index is 1.20. The lowest BCUT2D eigenvalue weighted by Crippen LogP contribution is -2.35. The van der Waals surface area contributed by atoms with Crippen molar-refractivity contribution in [1.29, 1.82) is 0 Å². The van der Waals surface area contributed by atoms with Crippen molar-refractivity contribution in [3.05, 3.63) is 65.8 Å². The van der Waals surface area contributed by atoms with Crippen LogP contribution in [0.15, 0.2) is 60.8 Å². The summed E-state index contributed by atoms with van der Waals surface area (Å²) in [6, 6.07) is 16.2. The SMILES string of the molecule is O=C(NCCNc1ccc(Nc2ccccn2)nn1)[C@H]1CC(=O)N(c2ccc(Cl)cc2)C1. The number of benzene rings is 1. The third-order valence-corrected chi connectivity index (χ3v) is 5.20. The Morgan fingerprint density at radius 3 is 2.50 bits per heavy atom. The van der Waals surface area contributed by atoms with Gasteiger partial charge in [0.1, 0.15) is 11.6 Å². The Bertz CT molecular complexity index is 1060. The maximum atomic E-state index is 12.5. The van der Waals surface area contributed by atoms with Gasteiger partial charge in [-0.3, -0.25) is 9.59 Å². The molecule has 0 unspecified atom stereocenters. The van der Waals surface area contributed by atoms with Crippen LogP contribution in [0.25, 0.3) is 0 Å². The van der Waals surface area contributed by atoms with E-state index >= 15 is 0 Å². The maximum Gasteiger partial charge on any atom is 0.227 e. The van der Waals surface area contributed by atoms with E-state index in [1.165, 1.54) is 0 Å². The van der Waals surface area contributed by atoms with E-state index in [1.54, 1.807) is 47.5 Å². The number of rotatable bonds is 8. The van der Waals surface area contributed by atoms with Crippen LogP contribution in [0.1, 0.15) is 6.42 Å². The molecule has 1 aromatic carbocycles. The van der Waals surface area contributed by atoms with Gasteiger partial charge < -0.3 is 20.9 Å². The molecule has 0 radical (unpaired) electrons. The van der Waals surface area contributed by atoms with Crippen LogP contribution in [0.3, 0.4) is 0 Å². The van der Waals surface area contributed by atoms with Crippen LogP contribution >= 0.6 is 11.6 Å². The van der Waals surface area contributed by atoms with E-state index < -0.39 is 0 Å². The Kier molecular flexibility index (Phi) is 6.76. The molecule has 1 aliphatic rings. The number of pyridine rings is 1. The zero-order valence-electron chi connectivity index (χ0n) is 17.2. The van der Waals surface area contributed by atoms with Crippen molar-refractivity contribution in [3.8, 4) is 0 Å². The average molecular weight is 452 g/mol. The maximum absolute atomic E-state index is 12.5. The number of nitrogens with one attached hydrogen (secondary N) is 3. The van der Waals surface area contributed by atoms with Gasteiger partial charge in [0.15, 0.2) is 5.82 Å². The second kappa shape index (κ2) is 10.1. The van der Waals surface area contributed by atoms with Crippen LogP contribution in [0.2, 0.25) is 5.02 Å². The molecule has 1 aliphatic heterocycles. The fourth-order valence-corrected chi connectivity index (χ4v) is 3.46. The molecule has 3 heterocycles. The highest BCUT2D eigenvalue weighted by molar-refractivity contribution is 6.30. The van der Waals surface area contributed by atoms with Crippen LogP contribution in [0.4, 0.5) is 23.1 Å². The molecule has 3 N–H and O–H groups in total. The smallest absolute Gasteiger partial charge is 0.227 e. The fourth-order valence-electron chi connectivity index (χ4n) is 3.34. The molecule has 0 saturated carbocycles. The fraction of sp³-hybridized carbons (Fsp3) is 0.227. The Hall–Kier alpha value is -3.72. The van der Waals surface area contributed by atoms with Crippen LogP contribution in [-0.2, 0) is 9.59 Å². The monoisotopic (exact) mass is 451 g/mol. The molecule has 0 bridgehead atoms. The van der Waals surface area contributed by atoms with Crippen LogP contribution < -0.4 is 20.9 Å². The number of nitrogens with zero attached hydrogens (tertiary/aromatic N) is 4. The molecule has 0 aliphatic carbocycles. The molecule has 9 nitrogen and oxygen atoms in total. The Morgan fingerprint density at radius 2 is 1.78 bits per heavy atom. The first-order valence-electron chi connectivity index (χ1n) is 10.2. The molecule has 3 aromatic rings. The molecule has 10 heteroatoms. The number of carbonyl (C=O) groups is 2. The number of aromatic nitrogens is 3. The van der Waals surface area contributed by atoms with E-state index in [-0.39, 0.29) is 24.2 Å². The molecule has 1 saturated heterocycles. The minimum Gasteiger partial charge on any atom is -0.367 e. The molecule has 2 aromatic heterocycles. The second-order valence-corrected chi connectivity index (χ2v) is 7.68. The lowest BCUT2D eigenvalue weighted by Gasteiger charge is -2.16. The summed E-state index contributed by atoms with van der Waals surface area (Å²) in [5.41, 5.74) is 0.746. The molecule has 1 atom stereocenters. The normalized spacial score (nSPS) is 15.5. The highest BCUT2D eigenvalue weighted by Gasteiger charge is 2.34. The standard InChI is InChI=1S/C22H22ClN7O2/c23-16-4-6-17(7-5-16)30-14-15(13-21(30)31)22(32)26-12-11-25-19-8-9-20(29-28-19)27-18-3-1-2-10-24-18/h1-10,15H,11-14H2,(H,25,28)(H,26,32)(H,24,27,29)/t15-/m0/s1. The minimum absolute atomic E-state index is 0.0692. The molecule has 164 valence electrons. The largest absolute Gasteiger partial charge is 0.367 e. The second-order valence-electron chi connectivity index (χ2n) is 7.24. The highest BCUT2D eigenvalue weighted by atomic mass is 35.5. The van der Waals surface area contributed by atoms with E-state index in [0.29, 0.717) is 42.1 Å². The molecule has 32 heavy (non-hydrogen) atoms. The summed E-state index contributed by atoms with van der Waals surface area (Å²) < 4.78 is 0. The van der Waals surface area contributed by atoms with E-state index in [9.17, 15) is 9.59 Å². The van der Waals surface area contributed by atoms with Gasteiger partial charge in [0, 0.05) is 43.0 Å². The summed E-state index contributed by atoms with van der Waals surface area (Å²) in [6.45, 7) is 1.24. The minimum atomic E-state index is -0.380. The van der Waals surface area contributed by atoms with E-state index in [4.69, 9.17) is 11.6 Å². The highest BCUT2D eigenvalue weighted by Crippen LogP contribution is 2.26. The summed E-state index contributed by atoms with van der Waals surface area (Å²) in [4.78, 5) is 30.6. The number of anilines is 4. The van der Waals surface area contributed by atoms with Gasteiger partial charge in [-0.25, -0.2) is 4.98 Å². The summed E-state index contributed by atoms with van der Waals surface area (Å²) in [6.07, 6.45) is 1.88. The molecular formula is C22H22ClN7O2. The molecule has 4 rings (SSSR count). The van der Waals surface area contributed by atoms with Crippen molar-refractivity contribution in [1.82, 2.24) is 20.5 Å². The van der Waals surface area contributed by atoms with Gasteiger partial charge in [-0.2, -0.15) is 0 Å². The quantitative estimate of drug-likeness (QED) is 0.451. The topological polar surface area (TPSA) is 112 Å². The van der Waals surface area contributed by atoms with E-state index in [2.05, 4.69) is 31.1 Å². The first-order valence-corrected chi connectivity index (χ1v) is 10.6. The third kappa shape index (κ3) is 5.50. The van der Waals surface area contributed by atoms with Crippen molar-refractivity contribution in [2.75, 3.05) is 35.2 Å². The lowest BCUT2D eigenvalue weighted by molar-refractivity contribution is -0.126. The van der Waals surface area contributed by atoms with E-state index in [1.807, 2.05) is 18.2 Å². The average Bonchev–Trinajstić information content (AvgIpc) is 3.20. The first-order chi connectivity index (χ1) is 15.6. The van der Waals surface area contributed by atoms with Crippen LogP contribution in [0, 0.1) is 5.92 Å². The van der Waals surface area contributed by atoms with Gasteiger partial charge in [-0.05, 0) is 48.5 Å². The summed E-state index contributed by atoms with van der Waals surface area (Å²) in [5, 5.41) is 17.8.